The van der Waals surface area contributed by atoms with Crippen LogP contribution in [0.15, 0.2) is 24.3 Å². The van der Waals surface area contributed by atoms with Crippen LogP contribution in [0.1, 0.15) is 12.5 Å². The Balaban J connectivity index is 2.09. The molecule has 0 aromatic heterocycles. The first-order chi connectivity index (χ1) is 6.18. The van der Waals surface area contributed by atoms with Crippen LogP contribution in [0, 0.1) is 6.92 Å². The molecule has 2 heteroatoms. The molecule has 1 aliphatic rings. The van der Waals surface area contributed by atoms with Gasteiger partial charge < -0.3 is 10.1 Å². The van der Waals surface area contributed by atoms with E-state index in [1.165, 1.54) is 5.56 Å². The zero-order chi connectivity index (χ0) is 9.31. The van der Waals surface area contributed by atoms with E-state index >= 15 is 0 Å². The highest BCUT2D eigenvalue weighted by molar-refractivity contribution is 5.28. The highest BCUT2D eigenvalue weighted by Gasteiger charge is 2.33. The smallest absolute Gasteiger partial charge is 0.131 e. The van der Waals surface area contributed by atoms with E-state index in [0.717, 1.165) is 18.8 Å². The number of aryl methyl sites for hydroxylation is 1. The van der Waals surface area contributed by atoms with Gasteiger partial charge in [0.25, 0.3) is 0 Å². The van der Waals surface area contributed by atoms with Gasteiger partial charge >= 0.3 is 0 Å². The third-order valence-electron chi connectivity index (χ3n) is 2.35. The average Bonchev–Trinajstić information content (AvgIpc) is 2.01. The molecule has 2 rings (SSSR count). The van der Waals surface area contributed by atoms with E-state index in [-0.39, 0.29) is 5.60 Å². The Morgan fingerprint density at radius 2 is 2.15 bits per heavy atom. The van der Waals surface area contributed by atoms with Crippen molar-refractivity contribution in [2.75, 3.05) is 13.1 Å². The van der Waals surface area contributed by atoms with Gasteiger partial charge in [-0.25, -0.2) is 0 Å². The highest BCUT2D eigenvalue weighted by Crippen LogP contribution is 2.22. The number of rotatable bonds is 2. The fraction of sp³-hybridized carbons (Fsp3) is 0.455. The van der Waals surface area contributed by atoms with Crippen molar-refractivity contribution in [1.29, 1.82) is 0 Å². The van der Waals surface area contributed by atoms with Crippen molar-refractivity contribution in [2.24, 2.45) is 0 Å². The van der Waals surface area contributed by atoms with Gasteiger partial charge in [-0.2, -0.15) is 0 Å². The SMILES string of the molecule is Cc1cccc(OC2(C)CNC2)c1. The second kappa shape index (κ2) is 3.04. The number of benzene rings is 1. The quantitative estimate of drug-likeness (QED) is 0.743. The van der Waals surface area contributed by atoms with E-state index in [4.69, 9.17) is 4.74 Å². The van der Waals surface area contributed by atoms with Crippen LogP contribution in [0.4, 0.5) is 0 Å². The van der Waals surface area contributed by atoms with Crippen LogP contribution in [0.2, 0.25) is 0 Å². The number of ether oxygens (including phenoxy) is 1. The summed E-state index contributed by atoms with van der Waals surface area (Å²) in [5, 5.41) is 3.21. The number of hydrogen-bond donors (Lipinski definition) is 1. The molecule has 1 saturated heterocycles. The summed E-state index contributed by atoms with van der Waals surface area (Å²) < 4.78 is 5.86. The lowest BCUT2D eigenvalue weighted by atomic mass is 10.00. The molecule has 1 heterocycles. The van der Waals surface area contributed by atoms with Crippen molar-refractivity contribution in [3.8, 4) is 5.75 Å². The van der Waals surface area contributed by atoms with E-state index in [1.54, 1.807) is 0 Å². The van der Waals surface area contributed by atoms with Crippen molar-refractivity contribution in [1.82, 2.24) is 5.32 Å². The molecule has 2 nitrogen and oxygen atoms in total. The fourth-order valence-electron chi connectivity index (χ4n) is 1.51. The molecule has 13 heavy (non-hydrogen) atoms. The monoisotopic (exact) mass is 177 g/mol. The maximum Gasteiger partial charge on any atom is 0.131 e. The molecule has 70 valence electrons. The van der Waals surface area contributed by atoms with Crippen LogP contribution in [0.3, 0.4) is 0 Å². The van der Waals surface area contributed by atoms with Crippen LogP contribution in [0.25, 0.3) is 0 Å². The van der Waals surface area contributed by atoms with Crippen LogP contribution < -0.4 is 10.1 Å². The van der Waals surface area contributed by atoms with Crippen LogP contribution >= 0.6 is 0 Å². The van der Waals surface area contributed by atoms with Gasteiger partial charge in [-0.15, -0.1) is 0 Å². The molecule has 0 atom stereocenters. The summed E-state index contributed by atoms with van der Waals surface area (Å²) in [5.74, 6) is 0.976. The normalized spacial score (nSPS) is 19.2. The van der Waals surface area contributed by atoms with Crippen molar-refractivity contribution in [2.45, 2.75) is 19.4 Å². The Morgan fingerprint density at radius 1 is 1.38 bits per heavy atom. The second-order valence-corrected chi connectivity index (χ2v) is 3.97. The van der Waals surface area contributed by atoms with Crippen LogP contribution in [0.5, 0.6) is 5.75 Å². The third-order valence-corrected chi connectivity index (χ3v) is 2.35. The van der Waals surface area contributed by atoms with Gasteiger partial charge in [0.15, 0.2) is 0 Å². The zero-order valence-corrected chi connectivity index (χ0v) is 8.13. The number of hydrogen-bond acceptors (Lipinski definition) is 2. The lowest BCUT2D eigenvalue weighted by Gasteiger charge is -2.39. The van der Waals surface area contributed by atoms with Gasteiger partial charge in [0.05, 0.1) is 0 Å². The van der Waals surface area contributed by atoms with Gasteiger partial charge in [0.2, 0.25) is 0 Å². The first kappa shape index (κ1) is 8.57. The van der Waals surface area contributed by atoms with E-state index in [1.807, 2.05) is 12.1 Å². The summed E-state index contributed by atoms with van der Waals surface area (Å²) in [6.07, 6.45) is 0. The van der Waals surface area contributed by atoms with Crippen molar-refractivity contribution < 1.29 is 4.74 Å². The minimum absolute atomic E-state index is 0.00773. The highest BCUT2D eigenvalue weighted by atomic mass is 16.5. The molecule has 0 radical (unpaired) electrons. The zero-order valence-electron chi connectivity index (χ0n) is 8.13. The summed E-state index contributed by atoms with van der Waals surface area (Å²) >= 11 is 0. The Hall–Kier alpha value is -1.02. The molecule has 1 aromatic rings. The molecular formula is C11H15NO. The van der Waals surface area contributed by atoms with Crippen molar-refractivity contribution >= 4 is 0 Å². The predicted molar refractivity (Wildman–Crippen MR) is 53.1 cm³/mol. The molecule has 0 amide bonds. The van der Waals surface area contributed by atoms with Gasteiger partial charge in [-0.05, 0) is 31.5 Å². The van der Waals surface area contributed by atoms with E-state index in [0.29, 0.717) is 0 Å². The lowest BCUT2D eigenvalue weighted by Crippen LogP contribution is -2.61. The summed E-state index contributed by atoms with van der Waals surface area (Å²) in [6, 6.07) is 8.19. The topological polar surface area (TPSA) is 21.3 Å². The van der Waals surface area contributed by atoms with Gasteiger partial charge in [0.1, 0.15) is 11.4 Å². The molecule has 0 aliphatic carbocycles. The van der Waals surface area contributed by atoms with E-state index in [9.17, 15) is 0 Å². The molecule has 1 aliphatic heterocycles. The van der Waals surface area contributed by atoms with E-state index in [2.05, 4.69) is 31.3 Å². The summed E-state index contributed by atoms with van der Waals surface area (Å²) in [7, 11) is 0. The molecule has 1 fully saturated rings. The number of nitrogens with one attached hydrogen (secondary N) is 1. The fourth-order valence-corrected chi connectivity index (χ4v) is 1.51. The first-order valence-electron chi connectivity index (χ1n) is 4.64. The third kappa shape index (κ3) is 1.83. The molecule has 0 saturated carbocycles. The maximum absolute atomic E-state index is 5.86. The predicted octanol–water partition coefficient (Wildman–Crippen LogP) is 1.74. The maximum atomic E-state index is 5.86. The minimum Gasteiger partial charge on any atom is -0.485 e. The summed E-state index contributed by atoms with van der Waals surface area (Å²) in [5.41, 5.74) is 1.25. The lowest BCUT2D eigenvalue weighted by molar-refractivity contribution is 0.0348. The average molecular weight is 177 g/mol. The van der Waals surface area contributed by atoms with Gasteiger partial charge in [-0.3, -0.25) is 0 Å². The molecule has 1 N–H and O–H groups in total. The molecular weight excluding hydrogens is 162 g/mol. The van der Waals surface area contributed by atoms with Crippen molar-refractivity contribution in [3.05, 3.63) is 29.8 Å². The Kier molecular flexibility index (Phi) is 2.00. The first-order valence-corrected chi connectivity index (χ1v) is 4.64. The molecule has 0 unspecified atom stereocenters. The summed E-state index contributed by atoms with van der Waals surface area (Å²) in [6.45, 7) is 6.10. The second-order valence-electron chi connectivity index (χ2n) is 3.97. The molecule has 0 bridgehead atoms. The van der Waals surface area contributed by atoms with Crippen molar-refractivity contribution in [3.63, 3.8) is 0 Å². The molecule has 0 spiro atoms. The van der Waals surface area contributed by atoms with Gasteiger partial charge in [-0.1, -0.05) is 12.1 Å². The minimum atomic E-state index is 0.00773. The molecule has 1 aromatic carbocycles. The van der Waals surface area contributed by atoms with Crippen LogP contribution in [-0.2, 0) is 0 Å². The Labute approximate surface area is 78.9 Å². The van der Waals surface area contributed by atoms with E-state index < -0.39 is 0 Å². The largest absolute Gasteiger partial charge is 0.485 e. The van der Waals surface area contributed by atoms with Gasteiger partial charge in [0, 0.05) is 13.1 Å². The standard InChI is InChI=1S/C11H15NO/c1-9-4-3-5-10(6-9)13-11(2)7-12-8-11/h3-6,12H,7-8H2,1-2H3. The summed E-state index contributed by atoms with van der Waals surface area (Å²) in [4.78, 5) is 0. The Morgan fingerprint density at radius 3 is 2.69 bits per heavy atom. The van der Waals surface area contributed by atoms with Crippen LogP contribution in [-0.4, -0.2) is 18.7 Å². The Bertz CT molecular complexity index is 305.